The summed E-state index contributed by atoms with van der Waals surface area (Å²) in [5.74, 6) is 1.03. The molecule has 0 bridgehead atoms. The van der Waals surface area contributed by atoms with Crippen molar-refractivity contribution in [3.8, 4) is 27.4 Å². The molecule has 0 unspecified atom stereocenters. The van der Waals surface area contributed by atoms with Crippen LogP contribution >= 0.6 is 27.3 Å². The third kappa shape index (κ3) is 2.21. The van der Waals surface area contributed by atoms with Crippen LogP contribution in [0.15, 0.2) is 44.7 Å². The van der Waals surface area contributed by atoms with E-state index in [1.807, 2.05) is 35.7 Å². The summed E-state index contributed by atoms with van der Waals surface area (Å²) in [4.78, 5) is 1.02. The van der Waals surface area contributed by atoms with Crippen molar-refractivity contribution in [1.29, 1.82) is 0 Å². The van der Waals surface area contributed by atoms with E-state index in [1.54, 1.807) is 18.4 Å². The topological polar surface area (TPSA) is 61.3 Å². The van der Waals surface area contributed by atoms with Gasteiger partial charge >= 0.3 is 0 Å². The molecule has 0 saturated carbocycles. The Morgan fingerprint density at radius 2 is 2.20 bits per heavy atom. The van der Waals surface area contributed by atoms with Gasteiger partial charge in [0, 0.05) is 14.9 Å². The average Bonchev–Trinajstić information content (AvgIpc) is 3.07. The molecule has 2 N–H and O–H groups in total. The summed E-state index contributed by atoms with van der Waals surface area (Å²) in [6, 6.07) is 9.70. The first-order chi connectivity index (χ1) is 9.70. The van der Waals surface area contributed by atoms with E-state index in [2.05, 4.69) is 21.1 Å². The Morgan fingerprint density at radius 3 is 2.90 bits per heavy atom. The Hall–Kier alpha value is -1.79. The quantitative estimate of drug-likeness (QED) is 0.759. The van der Waals surface area contributed by atoms with E-state index in [1.165, 1.54) is 0 Å². The smallest absolute Gasteiger partial charge is 0.231 e. The number of benzene rings is 1. The zero-order valence-electron chi connectivity index (χ0n) is 10.6. The lowest BCUT2D eigenvalue weighted by atomic mass is 10.1. The second-order valence-electron chi connectivity index (χ2n) is 4.09. The number of halogens is 1. The lowest BCUT2D eigenvalue weighted by Crippen LogP contribution is -1.90. The third-order valence-corrected chi connectivity index (χ3v) is 4.29. The molecule has 0 radical (unpaired) electrons. The number of nitrogens with two attached hydrogens (primary N) is 1. The van der Waals surface area contributed by atoms with E-state index >= 15 is 0 Å². The average molecular weight is 351 g/mol. The van der Waals surface area contributed by atoms with Crippen LogP contribution in [0.25, 0.3) is 21.7 Å². The molecule has 102 valence electrons. The minimum atomic E-state index is 0.312. The molecule has 0 aliphatic carbocycles. The summed E-state index contributed by atoms with van der Waals surface area (Å²) in [5, 5.41) is 6.08. The van der Waals surface area contributed by atoms with Crippen molar-refractivity contribution in [3.05, 3.63) is 40.2 Å². The molecule has 6 heteroatoms. The molecule has 0 saturated heterocycles. The molecule has 1 aromatic carbocycles. The van der Waals surface area contributed by atoms with Gasteiger partial charge in [-0.3, -0.25) is 0 Å². The molecule has 0 amide bonds. The summed E-state index contributed by atoms with van der Waals surface area (Å²) in [6.45, 7) is 0. The first-order valence-electron chi connectivity index (χ1n) is 5.83. The van der Waals surface area contributed by atoms with Gasteiger partial charge in [0.05, 0.1) is 12.7 Å². The predicted octanol–water partition coefficient (Wildman–Crippen LogP) is 4.42. The molecule has 3 rings (SSSR count). The molecule has 0 aliphatic heterocycles. The molecule has 0 fully saturated rings. The van der Waals surface area contributed by atoms with Gasteiger partial charge in [0.1, 0.15) is 11.4 Å². The summed E-state index contributed by atoms with van der Waals surface area (Å²) >= 11 is 5.02. The van der Waals surface area contributed by atoms with Gasteiger partial charge in [-0.2, -0.15) is 0 Å². The monoisotopic (exact) mass is 350 g/mol. The van der Waals surface area contributed by atoms with E-state index in [0.29, 0.717) is 17.3 Å². The molecule has 2 heterocycles. The molecule has 20 heavy (non-hydrogen) atoms. The van der Waals surface area contributed by atoms with Gasteiger partial charge in [0.25, 0.3) is 0 Å². The van der Waals surface area contributed by atoms with Crippen molar-refractivity contribution in [2.45, 2.75) is 0 Å². The van der Waals surface area contributed by atoms with E-state index in [4.69, 9.17) is 15.0 Å². The Labute approximate surface area is 128 Å². The summed E-state index contributed by atoms with van der Waals surface area (Å²) in [7, 11) is 1.62. The summed E-state index contributed by atoms with van der Waals surface area (Å²) < 4.78 is 11.5. The highest BCUT2D eigenvalue weighted by molar-refractivity contribution is 9.10. The van der Waals surface area contributed by atoms with Crippen LogP contribution in [0.5, 0.6) is 5.75 Å². The first-order valence-corrected chi connectivity index (χ1v) is 7.51. The number of ether oxygens (including phenoxy) is 1. The van der Waals surface area contributed by atoms with Gasteiger partial charge in [0.2, 0.25) is 5.88 Å². The Morgan fingerprint density at radius 1 is 1.35 bits per heavy atom. The maximum Gasteiger partial charge on any atom is 0.231 e. The number of anilines is 1. The van der Waals surface area contributed by atoms with E-state index in [-0.39, 0.29) is 0 Å². The highest BCUT2D eigenvalue weighted by Crippen LogP contribution is 2.42. The largest absolute Gasteiger partial charge is 0.496 e. The van der Waals surface area contributed by atoms with Gasteiger partial charge in [-0.05, 0) is 29.6 Å². The van der Waals surface area contributed by atoms with Crippen LogP contribution in [0, 0.1) is 0 Å². The van der Waals surface area contributed by atoms with Crippen molar-refractivity contribution in [3.63, 3.8) is 0 Å². The molecule has 3 aromatic rings. The van der Waals surface area contributed by atoms with E-state index < -0.39 is 0 Å². The molecule has 4 nitrogen and oxygen atoms in total. The van der Waals surface area contributed by atoms with Gasteiger partial charge in [-0.25, -0.2) is 0 Å². The number of rotatable bonds is 3. The highest BCUT2D eigenvalue weighted by atomic mass is 79.9. The SMILES string of the molecule is COc1cc(Br)ccc1-c1noc(N)c1-c1cccs1. The number of methoxy groups -OCH3 is 1. The van der Waals surface area contributed by atoms with Crippen LogP contribution in [0.1, 0.15) is 0 Å². The van der Waals surface area contributed by atoms with Crippen LogP contribution in [0.2, 0.25) is 0 Å². The lowest BCUT2D eigenvalue weighted by Gasteiger charge is -2.07. The standard InChI is InChI=1S/C14H11BrN2O2S/c1-18-10-7-8(15)4-5-9(10)13-12(14(16)19-17-13)11-3-2-6-20-11/h2-7H,16H2,1H3. The lowest BCUT2D eigenvalue weighted by molar-refractivity contribution is 0.413. The molecule has 0 atom stereocenters. The molecule has 0 spiro atoms. The van der Waals surface area contributed by atoms with Crippen molar-refractivity contribution in [2.24, 2.45) is 0 Å². The zero-order chi connectivity index (χ0) is 14.1. The normalized spacial score (nSPS) is 10.7. The maximum atomic E-state index is 5.92. The highest BCUT2D eigenvalue weighted by Gasteiger charge is 2.20. The fourth-order valence-electron chi connectivity index (χ4n) is 2.01. The molecular formula is C14H11BrN2O2S. The number of thiophene rings is 1. The maximum absolute atomic E-state index is 5.92. The van der Waals surface area contributed by atoms with Crippen molar-refractivity contribution < 1.29 is 9.26 Å². The zero-order valence-corrected chi connectivity index (χ0v) is 13.0. The summed E-state index contributed by atoms with van der Waals surface area (Å²) in [6.07, 6.45) is 0. The van der Waals surface area contributed by atoms with Gasteiger partial charge in [0.15, 0.2) is 0 Å². The third-order valence-electron chi connectivity index (χ3n) is 2.90. The number of aromatic nitrogens is 1. The second-order valence-corrected chi connectivity index (χ2v) is 5.96. The Kier molecular flexibility index (Phi) is 3.50. The van der Waals surface area contributed by atoms with E-state index in [9.17, 15) is 0 Å². The van der Waals surface area contributed by atoms with Crippen LogP contribution in [-0.2, 0) is 0 Å². The number of hydrogen-bond acceptors (Lipinski definition) is 5. The molecule has 2 aromatic heterocycles. The van der Waals surface area contributed by atoms with Crippen molar-refractivity contribution in [1.82, 2.24) is 5.16 Å². The van der Waals surface area contributed by atoms with Gasteiger partial charge in [-0.15, -0.1) is 11.3 Å². The minimum absolute atomic E-state index is 0.312. The second kappa shape index (κ2) is 5.30. The Balaban J connectivity index is 2.22. The van der Waals surface area contributed by atoms with Crippen LogP contribution in [0.4, 0.5) is 5.88 Å². The predicted molar refractivity (Wildman–Crippen MR) is 83.9 cm³/mol. The first kappa shape index (κ1) is 13.2. The minimum Gasteiger partial charge on any atom is -0.496 e. The van der Waals surface area contributed by atoms with Gasteiger partial charge < -0.3 is 15.0 Å². The van der Waals surface area contributed by atoms with E-state index in [0.717, 1.165) is 20.5 Å². The summed E-state index contributed by atoms with van der Waals surface area (Å²) in [5.41, 5.74) is 8.26. The fourth-order valence-corrected chi connectivity index (χ4v) is 3.12. The van der Waals surface area contributed by atoms with Crippen LogP contribution < -0.4 is 10.5 Å². The molecule has 0 aliphatic rings. The van der Waals surface area contributed by atoms with Gasteiger partial charge in [-0.1, -0.05) is 27.2 Å². The van der Waals surface area contributed by atoms with Crippen molar-refractivity contribution in [2.75, 3.05) is 12.8 Å². The molecular weight excluding hydrogens is 340 g/mol. The Bertz CT molecular complexity index is 738. The number of nitrogen functional groups attached to an aromatic ring is 1. The van der Waals surface area contributed by atoms with Crippen LogP contribution in [0.3, 0.4) is 0 Å². The van der Waals surface area contributed by atoms with Crippen LogP contribution in [-0.4, -0.2) is 12.3 Å². The number of nitrogens with zero attached hydrogens (tertiary/aromatic N) is 1. The fraction of sp³-hybridized carbons (Fsp3) is 0.0714. The number of hydrogen-bond donors (Lipinski definition) is 1. The van der Waals surface area contributed by atoms with Crippen molar-refractivity contribution >= 4 is 33.2 Å².